The quantitative estimate of drug-likeness (QED) is 0.795. The zero-order valence-corrected chi connectivity index (χ0v) is 18.4. The van der Waals surface area contributed by atoms with Crippen molar-refractivity contribution >= 4 is 6.03 Å². The molecule has 1 aromatic heterocycles. The van der Waals surface area contributed by atoms with E-state index in [1.165, 1.54) is 25.1 Å². The smallest absolute Gasteiger partial charge is 0.317 e. The highest BCUT2D eigenvalue weighted by molar-refractivity contribution is 5.73. The van der Waals surface area contributed by atoms with Gasteiger partial charge < -0.3 is 14.7 Å². The topological polar surface area (TPSA) is 61.6 Å². The summed E-state index contributed by atoms with van der Waals surface area (Å²) in [5.41, 5.74) is 4.23. The molecule has 2 aromatic rings. The number of urea groups is 1. The van der Waals surface area contributed by atoms with E-state index in [2.05, 4.69) is 53.5 Å². The minimum Gasteiger partial charge on any atom is -0.361 e. The highest BCUT2D eigenvalue weighted by atomic mass is 16.5. The summed E-state index contributed by atoms with van der Waals surface area (Å²) < 4.78 is 5.17. The van der Waals surface area contributed by atoms with E-state index >= 15 is 0 Å². The largest absolute Gasteiger partial charge is 0.361 e. The second-order valence-corrected chi connectivity index (χ2v) is 8.77. The van der Waals surface area contributed by atoms with Gasteiger partial charge in [-0.05, 0) is 43.2 Å². The molecule has 0 bridgehead atoms. The zero-order valence-electron chi connectivity index (χ0n) is 18.4. The number of hydrogen-bond acceptors (Lipinski definition) is 4. The molecule has 2 amide bonds. The second-order valence-electron chi connectivity index (χ2n) is 8.77. The molecule has 1 aromatic carbocycles. The fraction of sp³-hybridized carbons (Fsp3) is 0.565. The molecule has 29 heavy (non-hydrogen) atoms. The third-order valence-corrected chi connectivity index (χ3v) is 5.74. The summed E-state index contributed by atoms with van der Waals surface area (Å²) in [5, 5.41) is 6.93. The summed E-state index contributed by atoms with van der Waals surface area (Å²) >= 11 is 0. The summed E-state index contributed by atoms with van der Waals surface area (Å²) in [6, 6.07) is 8.48. The summed E-state index contributed by atoms with van der Waals surface area (Å²) in [5.74, 6) is 2.31. The van der Waals surface area contributed by atoms with Crippen molar-refractivity contribution in [2.24, 2.45) is 11.8 Å². The molecule has 2 unspecified atom stereocenters. The molecular formula is C23H34N4O2. The molecule has 2 heterocycles. The lowest BCUT2D eigenvalue weighted by molar-refractivity contribution is 0.134. The first-order valence-corrected chi connectivity index (χ1v) is 10.5. The summed E-state index contributed by atoms with van der Waals surface area (Å²) in [4.78, 5) is 16.6. The Morgan fingerprint density at radius 1 is 1.17 bits per heavy atom. The Labute approximate surface area is 174 Å². The lowest BCUT2D eigenvalue weighted by Gasteiger charge is -2.35. The van der Waals surface area contributed by atoms with Crippen LogP contribution in [0.5, 0.6) is 0 Å². The number of aryl methyl sites for hydroxylation is 2. The Hall–Kier alpha value is -2.34. The number of rotatable bonds is 6. The summed E-state index contributed by atoms with van der Waals surface area (Å²) in [6.07, 6.45) is 1.33. The van der Waals surface area contributed by atoms with Gasteiger partial charge in [0.05, 0.1) is 12.2 Å². The van der Waals surface area contributed by atoms with Gasteiger partial charge in [-0.1, -0.05) is 43.3 Å². The second kappa shape index (κ2) is 9.44. The highest BCUT2D eigenvalue weighted by Gasteiger charge is 2.21. The van der Waals surface area contributed by atoms with Crippen molar-refractivity contribution in [3.05, 3.63) is 52.4 Å². The summed E-state index contributed by atoms with van der Waals surface area (Å²) in [7, 11) is 1.78. The van der Waals surface area contributed by atoms with Gasteiger partial charge >= 0.3 is 6.03 Å². The van der Waals surface area contributed by atoms with Crippen LogP contribution >= 0.6 is 0 Å². The van der Waals surface area contributed by atoms with E-state index < -0.39 is 0 Å². The molecule has 0 spiro atoms. The van der Waals surface area contributed by atoms with E-state index in [0.29, 0.717) is 13.1 Å². The first-order chi connectivity index (χ1) is 13.8. The maximum absolute atomic E-state index is 12.4. The lowest BCUT2D eigenvalue weighted by Crippen LogP contribution is -2.38. The molecule has 0 saturated carbocycles. The SMILES string of the molecule is Cc1noc(C)c1CN(C)C(=O)NCc1ccc(CN2CC(C)CC(C)C2)cc1. The van der Waals surface area contributed by atoms with Crippen molar-refractivity contribution in [2.45, 2.75) is 53.8 Å². The molecule has 6 heteroatoms. The van der Waals surface area contributed by atoms with E-state index in [9.17, 15) is 4.79 Å². The molecule has 158 valence electrons. The maximum Gasteiger partial charge on any atom is 0.317 e. The number of amides is 2. The number of aromatic nitrogens is 1. The third kappa shape index (κ3) is 5.82. The van der Waals surface area contributed by atoms with Gasteiger partial charge in [0.1, 0.15) is 5.76 Å². The summed E-state index contributed by atoms with van der Waals surface area (Å²) in [6.45, 7) is 12.8. The molecule has 1 N–H and O–H groups in total. The van der Waals surface area contributed by atoms with Gasteiger partial charge in [-0.2, -0.15) is 0 Å². The van der Waals surface area contributed by atoms with Gasteiger partial charge in [0.25, 0.3) is 0 Å². The normalized spacial score (nSPS) is 19.9. The van der Waals surface area contributed by atoms with Gasteiger partial charge in [-0.3, -0.25) is 4.90 Å². The number of likely N-dealkylation sites (tertiary alicyclic amines) is 1. The molecule has 1 aliphatic heterocycles. The van der Waals surface area contributed by atoms with E-state index in [-0.39, 0.29) is 6.03 Å². The Morgan fingerprint density at radius 2 is 1.79 bits per heavy atom. The molecule has 0 aliphatic carbocycles. The first-order valence-electron chi connectivity index (χ1n) is 10.5. The first kappa shape index (κ1) is 21.4. The molecule has 1 aliphatic rings. The Bertz CT molecular complexity index is 785. The van der Waals surface area contributed by atoms with Crippen molar-refractivity contribution in [1.29, 1.82) is 0 Å². The van der Waals surface area contributed by atoms with Crippen LogP contribution in [0.25, 0.3) is 0 Å². The van der Waals surface area contributed by atoms with Crippen LogP contribution in [0.4, 0.5) is 4.79 Å². The lowest BCUT2D eigenvalue weighted by atomic mass is 9.91. The van der Waals surface area contributed by atoms with Gasteiger partial charge in [-0.15, -0.1) is 0 Å². The Morgan fingerprint density at radius 3 is 2.38 bits per heavy atom. The van der Waals surface area contributed by atoms with Gasteiger partial charge in [-0.25, -0.2) is 4.79 Å². The number of benzene rings is 1. The van der Waals surface area contributed by atoms with Crippen molar-refractivity contribution in [1.82, 2.24) is 20.3 Å². The van der Waals surface area contributed by atoms with Gasteiger partial charge in [0.15, 0.2) is 0 Å². The molecule has 0 radical (unpaired) electrons. The number of carbonyl (C=O) groups excluding carboxylic acids is 1. The average Bonchev–Trinajstić information content (AvgIpc) is 2.98. The predicted octanol–water partition coefficient (Wildman–Crippen LogP) is 4.11. The molecular weight excluding hydrogens is 364 g/mol. The Balaban J connectivity index is 1.47. The van der Waals surface area contributed by atoms with Crippen LogP contribution < -0.4 is 5.32 Å². The van der Waals surface area contributed by atoms with Crippen LogP contribution in [-0.4, -0.2) is 41.1 Å². The number of hydrogen-bond donors (Lipinski definition) is 1. The fourth-order valence-corrected chi connectivity index (χ4v) is 4.29. The molecule has 1 fully saturated rings. The van der Waals surface area contributed by atoms with Crippen molar-refractivity contribution in [3.63, 3.8) is 0 Å². The number of nitrogens with zero attached hydrogens (tertiary/aromatic N) is 3. The highest BCUT2D eigenvalue weighted by Crippen LogP contribution is 2.22. The average molecular weight is 399 g/mol. The van der Waals surface area contributed by atoms with Gasteiger partial charge in [0.2, 0.25) is 0 Å². The fourth-order valence-electron chi connectivity index (χ4n) is 4.29. The molecule has 1 saturated heterocycles. The number of piperidine rings is 1. The van der Waals surface area contributed by atoms with Crippen LogP contribution in [0.3, 0.4) is 0 Å². The molecule has 6 nitrogen and oxygen atoms in total. The van der Waals surface area contributed by atoms with Crippen LogP contribution in [0.2, 0.25) is 0 Å². The Kier molecular flexibility index (Phi) is 6.96. The minimum atomic E-state index is -0.106. The van der Waals surface area contributed by atoms with Crippen molar-refractivity contribution in [2.75, 3.05) is 20.1 Å². The monoisotopic (exact) mass is 398 g/mol. The minimum absolute atomic E-state index is 0.106. The number of carbonyl (C=O) groups is 1. The molecule has 3 rings (SSSR count). The van der Waals surface area contributed by atoms with Crippen LogP contribution in [0, 0.1) is 25.7 Å². The van der Waals surface area contributed by atoms with E-state index in [4.69, 9.17) is 4.52 Å². The zero-order chi connectivity index (χ0) is 21.0. The number of nitrogens with one attached hydrogen (secondary N) is 1. The predicted molar refractivity (Wildman–Crippen MR) is 114 cm³/mol. The maximum atomic E-state index is 12.4. The van der Waals surface area contributed by atoms with Crippen molar-refractivity contribution in [3.8, 4) is 0 Å². The van der Waals surface area contributed by atoms with Crippen LogP contribution in [0.15, 0.2) is 28.8 Å². The standard InChI is InChI=1S/C23H34N4O2/c1-16-10-17(2)13-27(12-16)14-21-8-6-20(7-9-21)11-24-23(28)26(5)15-22-18(3)25-29-19(22)4/h6-9,16-17H,10-15H2,1-5H3,(H,24,28). The third-order valence-electron chi connectivity index (χ3n) is 5.74. The van der Waals surface area contributed by atoms with Gasteiger partial charge in [0, 0.05) is 38.8 Å². The molecule has 2 atom stereocenters. The van der Waals surface area contributed by atoms with E-state index in [1.807, 2.05) is 13.8 Å². The van der Waals surface area contributed by atoms with E-state index in [1.54, 1.807) is 11.9 Å². The van der Waals surface area contributed by atoms with E-state index in [0.717, 1.165) is 41.0 Å². The van der Waals surface area contributed by atoms with Crippen LogP contribution in [0.1, 0.15) is 48.4 Å². The van der Waals surface area contributed by atoms with Crippen LogP contribution in [-0.2, 0) is 19.6 Å². The van der Waals surface area contributed by atoms with Crippen molar-refractivity contribution < 1.29 is 9.32 Å².